The number of aliphatic imine (C=N–C) groups is 2. The van der Waals surface area contributed by atoms with Crippen LogP contribution in [0.5, 0.6) is 0 Å². The van der Waals surface area contributed by atoms with E-state index in [0.29, 0.717) is 5.84 Å². The zero-order valence-corrected chi connectivity index (χ0v) is 25.5. The number of amidine groups is 2. The number of benzene rings is 7. The van der Waals surface area contributed by atoms with Gasteiger partial charge in [-0.05, 0) is 50.7 Å². The van der Waals surface area contributed by atoms with E-state index in [2.05, 4.69) is 127 Å². The molecule has 2 heterocycles. The van der Waals surface area contributed by atoms with Crippen molar-refractivity contribution in [1.29, 1.82) is 0 Å². The second kappa shape index (κ2) is 11.3. The van der Waals surface area contributed by atoms with Gasteiger partial charge in [0.15, 0.2) is 5.84 Å². The van der Waals surface area contributed by atoms with Gasteiger partial charge in [-0.15, -0.1) is 0 Å². The molecule has 9 rings (SSSR count). The van der Waals surface area contributed by atoms with Gasteiger partial charge in [0, 0.05) is 21.9 Å². The van der Waals surface area contributed by atoms with Crippen molar-refractivity contribution in [2.45, 2.75) is 6.17 Å². The number of nitrogens with one attached hydrogen (secondary N) is 1. The van der Waals surface area contributed by atoms with Gasteiger partial charge < -0.3 is 9.73 Å². The van der Waals surface area contributed by atoms with Crippen LogP contribution in [0.4, 0.5) is 0 Å². The van der Waals surface area contributed by atoms with E-state index in [9.17, 15) is 0 Å². The minimum absolute atomic E-state index is 0.307. The second-order valence-corrected chi connectivity index (χ2v) is 11.8. The highest BCUT2D eigenvalue weighted by atomic mass is 16.3. The van der Waals surface area contributed by atoms with Crippen LogP contribution in [0.3, 0.4) is 0 Å². The molecule has 1 unspecified atom stereocenters. The van der Waals surface area contributed by atoms with E-state index in [0.717, 1.165) is 61.2 Å². The standard InChI is InChI=1S/C43H29N3O/c1-3-12-29(13-4-1)35-20-10-22-37-39(35)40-36(21-11-23-38(40)47-37)43-45-41(31-15-5-2-6-16-31)44-42(46-43)32-26-24-30(25-27-32)34-19-9-17-28-14-7-8-18-33(28)34/h1-27,41H,(H,44,45,46). The summed E-state index contributed by atoms with van der Waals surface area (Å²) in [6.45, 7) is 0. The van der Waals surface area contributed by atoms with E-state index in [1.807, 2.05) is 42.5 Å². The smallest absolute Gasteiger partial charge is 0.159 e. The van der Waals surface area contributed by atoms with Gasteiger partial charge in [0.05, 0.1) is 0 Å². The van der Waals surface area contributed by atoms with Crippen LogP contribution in [0, 0.1) is 0 Å². The fraction of sp³-hybridized carbons (Fsp3) is 0.0233. The monoisotopic (exact) mass is 603 g/mol. The summed E-state index contributed by atoms with van der Waals surface area (Å²) in [7, 11) is 0. The summed E-state index contributed by atoms with van der Waals surface area (Å²) >= 11 is 0. The number of nitrogens with zero attached hydrogens (tertiary/aromatic N) is 2. The normalized spacial score (nSPS) is 14.6. The molecule has 0 radical (unpaired) electrons. The first kappa shape index (κ1) is 27.1. The zero-order chi connectivity index (χ0) is 31.2. The van der Waals surface area contributed by atoms with Crippen LogP contribution in [-0.2, 0) is 0 Å². The van der Waals surface area contributed by atoms with Crippen LogP contribution in [0.25, 0.3) is 55.0 Å². The largest absolute Gasteiger partial charge is 0.456 e. The van der Waals surface area contributed by atoms with Gasteiger partial charge in [0.25, 0.3) is 0 Å². The number of hydrogen-bond donors (Lipinski definition) is 1. The molecule has 4 heteroatoms. The molecular weight excluding hydrogens is 574 g/mol. The number of fused-ring (bicyclic) bond motifs is 4. The van der Waals surface area contributed by atoms with E-state index in [-0.39, 0.29) is 6.17 Å². The van der Waals surface area contributed by atoms with Crippen molar-refractivity contribution < 1.29 is 4.42 Å². The van der Waals surface area contributed by atoms with E-state index in [4.69, 9.17) is 14.4 Å². The predicted octanol–water partition coefficient (Wildman–Crippen LogP) is 10.6. The molecule has 7 aromatic carbocycles. The molecule has 1 aromatic heterocycles. The molecule has 1 atom stereocenters. The minimum Gasteiger partial charge on any atom is -0.456 e. The van der Waals surface area contributed by atoms with Crippen LogP contribution in [0.2, 0.25) is 0 Å². The predicted molar refractivity (Wildman–Crippen MR) is 194 cm³/mol. The SMILES string of the molecule is c1ccc(-c2cccc3oc4cccc(C5=NC(c6ccc(-c7cccc8ccccc78)cc6)=NC(c6ccccc6)N5)c4c23)cc1. The maximum Gasteiger partial charge on any atom is 0.159 e. The average Bonchev–Trinajstić information content (AvgIpc) is 3.54. The van der Waals surface area contributed by atoms with Crippen LogP contribution < -0.4 is 5.32 Å². The minimum atomic E-state index is -0.307. The summed E-state index contributed by atoms with van der Waals surface area (Å²) < 4.78 is 6.44. The Morgan fingerprint density at radius 2 is 1.04 bits per heavy atom. The fourth-order valence-electron chi connectivity index (χ4n) is 6.72. The first-order valence-corrected chi connectivity index (χ1v) is 15.9. The summed E-state index contributed by atoms with van der Waals surface area (Å²) in [6.07, 6.45) is -0.307. The third-order valence-corrected chi connectivity index (χ3v) is 8.96. The number of rotatable bonds is 5. The van der Waals surface area contributed by atoms with Gasteiger partial charge in [-0.1, -0.05) is 152 Å². The highest BCUT2D eigenvalue weighted by Crippen LogP contribution is 2.39. The van der Waals surface area contributed by atoms with Crippen molar-refractivity contribution in [3.63, 3.8) is 0 Å². The number of hydrogen-bond acceptors (Lipinski definition) is 4. The van der Waals surface area contributed by atoms with E-state index >= 15 is 0 Å². The lowest BCUT2D eigenvalue weighted by Crippen LogP contribution is -2.33. The lowest BCUT2D eigenvalue weighted by Gasteiger charge is -2.24. The van der Waals surface area contributed by atoms with Crippen LogP contribution in [0.15, 0.2) is 178 Å². The molecule has 222 valence electrons. The average molecular weight is 604 g/mol. The van der Waals surface area contributed by atoms with E-state index < -0.39 is 0 Å². The van der Waals surface area contributed by atoms with Gasteiger partial charge in [0.2, 0.25) is 0 Å². The molecule has 1 aliphatic rings. The Labute approximate surface area is 272 Å². The van der Waals surface area contributed by atoms with Crippen molar-refractivity contribution >= 4 is 44.4 Å². The molecule has 47 heavy (non-hydrogen) atoms. The van der Waals surface area contributed by atoms with Crippen LogP contribution in [-0.4, -0.2) is 11.7 Å². The lowest BCUT2D eigenvalue weighted by atomic mass is 9.96. The molecule has 0 amide bonds. The Bertz CT molecular complexity index is 2470. The number of furan rings is 1. The van der Waals surface area contributed by atoms with Gasteiger partial charge in [-0.2, -0.15) is 0 Å². The molecule has 4 nitrogen and oxygen atoms in total. The Balaban J connectivity index is 1.20. The van der Waals surface area contributed by atoms with Crippen molar-refractivity contribution in [2.24, 2.45) is 9.98 Å². The third-order valence-electron chi connectivity index (χ3n) is 8.96. The molecular formula is C43H29N3O. The van der Waals surface area contributed by atoms with Gasteiger partial charge in [0.1, 0.15) is 23.2 Å². The molecule has 8 aromatic rings. The summed E-state index contributed by atoms with van der Waals surface area (Å²) in [5.41, 5.74) is 9.32. The molecule has 0 saturated heterocycles. The first-order valence-electron chi connectivity index (χ1n) is 15.9. The van der Waals surface area contributed by atoms with E-state index in [1.165, 1.54) is 16.3 Å². The topological polar surface area (TPSA) is 49.9 Å². The Morgan fingerprint density at radius 1 is 0.468 bits per heavy atom. The molecule has 0 saturated carbocycles. The Kier molecular flexibility index (Phi) is 6.50. The van der Waals surface area contributed by atoms with Crippen molar-refractivity contribution in [3.05, 3.63) is 180 Å². The Morgan fingerprint density at radius 3 is 1.83 bits per heavy atom. The molecule has 0 bridgehead atoms. The van der Waals surface area contributed by atoms with Gasteiger partial charge >= 0.3 is 0 Å². The molecule has 0 spiro atoms. The first-order chi connectivity index (χ1) is 23.3. The molecule has 1 N–H and O–H groups in total. The van der Waals surface area contributed by atoms with E-state index in [1.54, 1.807) is 0 Å². The summed E-state index contributed by atoms with van der Waals surface area (Å²) in [5.74, 6) is 1.45. The van der Waals surface area contributed by atoms with Crippen molar-refractivity contribution in [2.75, 3.05) is 0 Å². The quantitative estimate of drug-likeness (QED) is 0.213. The van der Waals surface area contributed by atoms with Crippen LogP contribution >= 0.6 is 0 Å². The summed E-state index contributed by atoms with van der Waals surface area (Å²) in [6, 6.07) is 56.8. The van der Waals surface area contributed by atoms with Gasteiger partial charge in [-0.3, -0.25) is 0 Å². The molecule has 0 aliphatic carbocycles. The maximum absolute atomic E-state index is 6.44. The van der Waals surface area contributed by atoms with Gasteiger partial charge in [-0.25, -0.2) is 9.98 Å². The Hall–Kier alpha value is -6.26. The maximum atomic E-state index is 6.44. The highest BCUT2D eigenvalue weighted by Gasteiger charge is 2.24. The molecule has 1 aliphatic heterocycles. The molecule has 0 fully saturated rings. The summed E-state index contributed by atoms with van der Waals surface area (Å²) in [4.78, 5) is 10.3. The second-order valence-electron chi connectivity index (χ2n) is 11.8. The lowest BCUT2D eigenvalue weighted by molar-refractivity contribution is 0.668. The zero-order valence-electron chi connectivity index (χ0n) is 25.5. The van der Waals surface area contributed by atoms with Crippen LogP contribution in [0.1, 0.15) is 22.9 Å². The van der Waals surface area contributed by atoms with Crippen molar-refractivity contribution in [3.8, 4) is 22.3 Å². The fourth-order valence-corrected chi connectivity index (χ4v) is 6.72. The third kappa shape index (κ3) is 4.79. The highest BCUT2D eigenvalue weighted by molar-refractivity contribution is 6.24. The summed E-state index contributed by atoms with van der Waals surface area (Å²) in [5, 5.41) is 8.25. The van der Waals surface area contributed by atoms with Crippen molar-refractivity contribution in [1.82, 2.24) is 5.32 Å².